The fourth-order valence-corrected chi connectivity index (χ4v) is 0. The third-order valence-corrected chi connectivity index (χ3v) is 0. The van der Waals surface area contributed by atoms with Crippen LogP contribution in [0.4, 0.5) is 0 Å². The molecule has 0 aromatic carbocycles. The summed E-state index contributed by atoms with van der Waals surface area (Å²) in [6.07, 6.45) is 0. The van der Waals surface area contributed by atoms with Gasteiger partial charge in [-0.1, -0.05) is 0 Å². The van der Waals surface area contributed by atoms with Gasteiger partial charge in [0.25, 0.3) is 0 Å². The minimum absolute atomic E-state index is 0. The molecule has 0 aromatic heterocycles. The average Bonchev–Trinajstić information content (AvgIpc) is 0. The molecule has 0 amide bonds. The summed E-state index contributed by atoms with van der Waals surface area (Å²) in [5, 5.41) is 0. The van der Waals surface area contributed by atoms with Crippen molar-refractivity contribution < 1.29 is 26.2 Å². The largest absolute Gasteiger partial charge is 0 e. The predicted octanol–water partition coefficient (Wildman–Crippen LogP) is 0.0971. The fraction of sp³-hybridized carbons (Fsp3) is 0. The summed E-state index contributed by atoms with van der Waals surface area (Å²) in [5.41, 5.74) is 0. The van der Waals surface area contributed by atoms with Crippen molar-refractivity contribution >= 4 is 50.4 Å². The Bertz CT molecular complexity index is 8.00. The molecule has 0 spiro atoms. The van der Waals surface area contributed by atoms with Gasteiger partial charge in [-0.15, -0.1) is 0 Å². The van der Waals surface area contributed by atoms with Crippen molar-refractivity contribution in [2.24, 2.45) is 0 Å². The molecule has 0 heterocycles. The van der Waals surface area contributed by atoms with Gasteiger partial charge < -0.3 is 0 Å². The Labute approximate surface area is 75.6 Å². The van der Waals surface area contributed by atoms with E-state index >= 15 is 0 Å². The van der Waals surface area contributed by atoms with Gasteiger partial charge in [-0.3, -0.25) is 0 Å². The third kappa shape index (κ3) is 8.82. The van der Waals surface area contributed by atoms with E-state index in [1.54, 1.807) is 0 Å². The molecule has 0 N–H and O–H groups in total. The molecule has 0 aliphatic rings. The van der Waals surface area contributed by atoms with Gasteiger partial charge in [0.1, 0.15) is 0 Å². The van der Waals surface area contributed by atoms with E-state index in [0.29, 0.717) is 0 Å². The minimum atomic E-state index is 0. The van der Waals surface area contributed by atoms with Crippen LogP contribution < -0.4 is 0 Å². The van der Waals surface area contributed by atoms with E-state index < -0.39 is 0 Å². The Kier molecular flexibility index (Phi) is 138. The van der Waals surface area contributed by atoms with Crippen LogP contribution in [-0.4, -0.2) is 40.5 Å². The van der Waals surface area contributed by atoms with Gasteiger partial charge in [-0.25, -0.2) is 0 Å². The van der Waals surface area contributed by atoms with Crippen LogP contribution in [0.5, 0.6) is 0 Å². The van der Waals surface area contributed by atoms with E-state index in [2.05, 4.69) is 0 Å². The van der Waals surface area contributed by atoms with Crippen LogP contribution in [0.1, 0.15) is 0 Å². The molecular weight excluding hydrogens is 173 g/mol. The summed E-state index contributed by atoms with van der Waals surface area (Å²) in [4.78, 5) is 0. The molecule has 0 atom stereocenters. The molecule has 0 nitrogen and oxygen atoms in total. The second kappa shape index (κ2) is 17.7. The van der Waals surface area contributed by atoms with Gasteiger partial charge in [0.05, 0.1) is 0 Å². The predicted molar refractivity (Wildman–Crippen MR) is 18.4 cm³/mol. The van der Waals surface area contributed by atoms with Crippen molar-refractivity contribution in [1.82, 2.24) is 0 Å². The van der Waals surface area contributed by atoms with Crippen LogP contribution in [0.2, 0.25) is 0 Å². The van der Waals surface area contributed by atoms with Crippen LogP contribution >= 0.6 is 9.90 Å². The summed E-state index contributed by atoms with van der Waals surface area (Å²) in [7, 11) is 0. The Morgan fingerprint density at radius 1 is 1.00 bits per heavy atom. The van der Waals surface area contributed by atoms with Gasteiger partial charge in [-0.2, -0.15) is 0 Å². The fourth-order valence-electron chi connectivity index (χ4n) is 0. The molecule has 14 valence electrons. The first-order valence-electron chi connectivity index (χ1n) is 0. The van der Waals surface area contributed by atoms with Gasteiger partial charge in [-0.05, 0) is 0 Å². The second-order valence-corrected chi connectivity index (χ2v) is 0. The standard InChI is InChI=1S/Na.P.Si.Zr. The maximum Gasteiger partial charge on any atom is 0 e. The zero-order valence-electron chi connectivity index (χ0n) is 2.45. The molecule has 0 fully saturated rings. The molecule has 8 radical (unpaired) electrons. The molecule has 0 saturated heterocycles. The number of hydrogen-bond acceptors (Lipinski definition) is 0. The molecule has 0 bridgehead atoms. The molecular formula is NaPSiZr. The van der Waals surface area contributed by atoms with E-state index in [4.69, 9.17) is 0 Å². The molecule has 0 unspecified atom stereocenters. The van der Waals surface area contributed by atoms with Crippen LogP contribution in [0.3, 0.4) is 0 Å². The first kappa shape index (κ1) is 31.2. The van der Waals surface area contributed by atoms with Crippen molar-refractivity contribution in [2.45, 2.75) is 0 Å². The maximum atomic E-state index is 0. The van der Waals surface area contributed by atoms with Crippen LogP contribution in [0, 0.1) is 0 Å². The minimum Gasteiger partial charge on any atom is 0 e. The van der Waals surface area contributed by atoms with Crippen LogP contribution in [0.15, 0.2) is 0 Å². The van der Waals surface area contributed by atoms with Crippen molar-refractivity contribution in [3.8, 4) is 0 Å². The van der Waals surface area contributed by atoms with Crippen molar-refractivity contribution in [2.75, 3.05) is 0 Å². The van der Waals surface area contributed by atoms with E-state index in [-0.39, 0.29) is 76.6 Å². The van der Waals surface area contributed by atoms with Gasteiger partial charge in [0.2, 0.25) is 0 Å². The molecule has 0 rings (SSSR count). The SMILES string of the molecule is [Na].[P].[Si].[Zr]. The van der Waals surface area contributed by atoms with Crippen molar-refractivity contribution in [3.63, 3.8) is 0 Å². The van der Waals surface area contributed by atoms with Crippen molar-refractivity contribution in [1.29, 1.82) is 0 Å². The van der Waals surface area contributed by atoms with Gasteiger partial charge >= 0.3 is 0 Å². The summed E-state index contributed by atoms with van der Waals surface area (Å²) in [6.45, 7) is 0. The topological polar surface area (TPSA) is 0 Å². The summed E-state index contributed by atoms with van der Waals surface area (Å²) >= 11 is 0. The Morgan fingerprint density at radius 3 is 1.00 bits per heavy atom. The van der Waals surface area contributed by atoms with Crippen molar-refractivity contribution in [3.05, 3.63) is 0 Å². The summed E-state index contributed by atoms with van der Waals surface area (Å²) in [6, 6.07) is 0. The molecule has 4 heteroatoms. The first-order chi connectivity index (χ1) is 0. The Hall–Kier alpha value is 2.53. The second-order valence-electron chi connectivity index (χ2n) is 0. The molecule has 0 aromatic rings. The van der Waals surface area contributed by atoms with E-state index in [1.165, 1.54) is 0 Å². The smallest absolute Gasteiger partial charge is 0 e. The van der Waals surface area contributed by atoms with Crippen LogP contribution in [-0.2, 0) is 26.2 Å². The quantitative estimate of drug-likeness (QED) is 0.360. The molecule has 0 aliphatic heterocycles. The molecule has 4 heavy (non-hydrogen) atoms. The zero-order valence-corrected chi connectivity index (χ0v) is 8.80. The van der Waals surface area contributed by atoms with Gasteiger partial charge in [0.15, 0.2) is 0 Å². The normalized spacial score (nSPS) is 0. The van der Waals surface area contributed by atoms with E-state index in [9.17, 15) is 0 Å². The number of rotatable bonds is 0. The summed E-state index contributed by atoms with van der Waals surface area (Å²) < 4.78 is 0. The van der Waals surface area contributed by atoms with E-state index in [0.717, 1.165) is 0 Å². The number of hydrogen-bond donors (Lipinski definition) is 0. The Balaban J connectivity index is 0. The van der Waals surface area contributed by atoms with Crippen LogP contribution in [0.25, 0.3) is 0 Å². The molecule has 0 aliphatic carbocycles. The maximum absolute atomic E-state index is 0. The average molecular weight is 173 g/mol. The zero-order chi connectivity index (χ0) is 0. The first-order valence-corrected chi connectivity index (χ1v) is 0. The Morgan fingerprint density at radius 2 is 1.00 bits per heavy atom. The summed E-state index contributed by atoms with van der Waals surface area (Å²) in [5.74, 6) is 0. The third-order valence-electron chi connectivity index (χ3n) is 0. The van der Waals surface area contributed by atoms with E-state index in [1.807, 2.05) is 0 Å². The monoisotopic (exact) mass is 172 g/mol. The van der Waals surface area contributed by atoms with Gasteiger partial charge in [0, 0.05) is 76.6 Å². The molecule has 0 saturated carbocycles.